The fraction of sp³-hybridized carbons (Fsp3) is 0.500. The van der Waals surface area contributed by atoms with Crippen molar-refractivity contribution >= 4 is 39.3 Å². The van der Waals surface area contributed by atoms with Crippen molar-refractivity contribution in [2.75, 3.05) is 11.1 Å². The largest absolute Gasteiger partial charge is 0.125 e. The molecule has 1 aromatic carbocycles. The van der Waals surface area contributed by atoms with E-state index in [0.717, 1.165) is 22.0 Å². The van der Waals surface area contributed by atoms with Gasteiger partial charge in [-0.2, -0.15) is 0 Å². The highest BCUT2D eigenvalue weighted by molar-refractivity contribution is 9.09. The van der Waals surface area contributed by atoms with E-state index in [0.29, 0.717) is 0 Å². The average molecular weight is 308 g/mol. The number of benzene rings is 1. The first-order valence-electron chi connectivity index (χ1n) is 5.17. The van der Waals surface area contributed by atoms with Crippen LogP contribution in [0.5, 0.6) is 0 Å². The SMILES string of the molecule is CC(CCBr)CCSc1ccccc1Cl. The number of thioether (sulfide) groups is 1. The van der Waals surface area contributed by atoms with Gasteiger partial charge < -0.3 is 0 Å². The van der Waals surface area contributed by atoms with Crippen LogP contribution in [-0.4, -0.2) is 11.1 Å². The van der Waals surface area contributed by atoms with Crippen molar-refractivity contribution in [2.45, 2.75) is 24.7 Å². The van der Waals surface area contributed by atoms with Crippen LogP contribution in [0.25, 0.3) is 0 Å². The third kappa shape index (κ3) is 5.28. The first-order chi connectivity index (χ1) is 7.24. The van der Waals surface area contributed by atoms with E-state index in [1.807, 2.05) is 30.0 Å². The zero-order valence-electron chi connectivity index (χ0n) is 8.88. The molecule has 0 saturated heterocycles. The Kier molecular flexibility index (Phi) is 6.78. The Balaban J connectivity index is 2.29. The summed E-state index contributed by atoms with van der Waals surface area (Å²) in [6, 6.07) is 8.05. The lowest BCUT2D eigenvalue weighted by Crippen LogP contribution is -1.96. The van der Waals surface area contributed by atoms with Gasteiger partial charge in [-0.3, -0.25) is 0 Å². The molecule has 84 valence electrons. The molecule has 0 heterocycles. The molecule has 0 nitrogen and oxygen atoms in total. The minimum atomic E-state index is 0.791. The quantitative estimate of drug-likeness (QED) is 0.511. The van der Waals surface area contributed by atoms with Crippen molar-refractivity contribution in [1.29, 1.82) is 0 Å². The summed E-state index contributed by atoms with van der Waals surface area (Å²) >= 11 is 11.4. The molecule has 0 saturated carbocycles. The maximum atomic E-state index is 6.07. The maximum Gasteiger partial charge on any atom is 0.0541 e. The fourth-order valence-corrected chi connectivity index (χ4v) is 3.46. The van der Waals surface area contributed by atoms with E-state index in [1.54, 1.807) is 0 Å². The van der Waals surface area contributed by atoms with Crippen LogP contribution in [0, 0.1) is 5.92 Å². The number of halogens is 2. The van der Waals surface area contributed by atoms with E-state index in [1.165, 1.54) is 17.7 Å². The Morgan fingerprint density at radius 2 is 2.07 bits per heavy atom. The van der Waals surface area contributed by atoms with Crippen LogP contribution in [-0.2, 0) is 0 Å². The second-order valence-corrected chi connectivity index (χ2v) is 5.99. The van der Waals surface area contributed by atoms with E-state index < -0.39 is 0 Å². The molecule has 0 bridgehead atoms. The minimum Gasteiger partial charge on any atom is -0.125 e. The van der Waals surface area contributed by atoms with E-state index in [4.69, 9.17) is 11.6 Å². The summed E-state index contributed by atoms with van der Waals surface area (Å²) in [6.07, 6.45) is 2.50. The number of hydrogen-bond acceptors (Lipinski definition) is 1. The van der Waals surface area contributed by atoms with E-state index in [2.05, 4.69) is 28.9 Å². The van der Waals surface area contributed by atoms with Crippen LogP contribution in [0.4, 0.5) is 0 Å². The lowest BCUT2D eigenvalue weighted by molar-refractivity contribution is 0.555. The van der Waals surface area contributed by atoms with Crippen LogP contribution < -0.4 is 0 Å². The molecule has 0 spiro atoms. The van der Waals surface area contributed by atoms with Crippen molar-refractivity contribution < 1.29 is 0 Å². The van der Waals surface area contributed by atoms with Gasteiger partial charge in [0.2, 0.25) is 0 Å². The van der Waals surface area contributed by atoms with Crippen molar-refractivity contribution in [3.05, 3.63) is 29.3 Å². The minimum absolute atomic E-state index is 0.791. The third-order valence-electron chi connectivity index (χ3n) is 2.31. The molecule has 1 aromatic rings. The normalized spacial score (nSPS) is 12.7. The number of alkyl halides is 1. The van der Waals surface area contributed by atoms with Gasteiger partial charge in [0.1, 0.15) is 0 Å². The average Bonchev–Trinajstić information content (AvgIpc) is 2.21. The van der Waals surface area contributed by atoms with Crippen molar-refractivity contribution in [3.63, 3.8) is 0 Å². The first-order valence-corrected chi connectivity index (χ1v) is 7.66. The van der Waals surface area contributed by atoms with Gasteiger partial charge >= 0.3 is 0 Å². The van der Waals surface area contributed by atoms with Gasteiger partial charge in [-0.15, -0.1) is 11.8 Å². The van der Waals surface area contributed by atoms with Crippen molar-refractivity contribution in [1.82, 2.24) is 0 Å². The topological polar surface area (TPSA) is 0 Å². The summed E-state index contributed by atoms with van der Waals surface area (Å²) in [5, 5.41) is 1.97. The molecule has 0 amide bonds. The van der Waals surface area contributed by atoms with Crippen molar-refractivity contribution in [3.8, 4) is 0 Å². The molecule has 3 heteroatoms. The Morgan fingerprint density at radius 3 is 2.73 bits per heavy atom. The molecule has 0 aliphatic rings. The summed E-state index contributed by atoms with van der Waals surface area (Å²) in [7, 11) is 0. The molecule has 0 N–H and O–H groups in total. The van der Waals surface area contributed by atoms with Crippen LogP contribution in [0.15, 0.2) is 29.2 Å². The summed E-state index contributed by atoms with van der Waals surface area (Å²) in [4.78, 5) is 1.20. The van der Waals surface area contributed by atoms with Crippen LogP contribution in [0.1, 0.15) is 19.8 Å². The summed E-state index contributed by atoms with van der Waals surface area (Å²) in [5.74, 6) is 1.94. The molecule has 15 heavy (non-hydrogen) atoms. The summed E-state index contributed by atoms with van der Waals surface area (Å²) < 4.78 is 0. The van der Waals surface area contributed by atoms with Gasteiger partial charge in [0.15, 0.2) is 0 Å². The molecule has 1 rings (SSSR count). The molecule has 0 aromatic heterocycles. The highest BCUT2D eigenvalue weighted by atomic mass is 79.9. The zero-order chi connectivity index (χ0) is 11.1. The predicted octanol–water partition coefficient (Wildman–Crippen LogP) is 5.24. The zero-order valence-corrected chi connectivity index (χ0v) is 12.0. The van der Waals surface area contributed by atoms with Crippen LogP contribution >= 0.6 is 39.3 Å². The summed E-state index contributed by atoms with van der Waals surface area (Å²) in [5.41, 5.74) is 0. The molecule has 0 aliphatic carbocycles. The second kappa shape index (κ2) is 7.59. The number of hydrogen-bond donors (Lipinski definition) is 0. The lowest BCUT2D eigenvalue weighted by Gasteiger charge is -2.09. The van der Waals surface area contributed by atoms with Gasteiger partial charge in [-0.25, -0.2) is 0 Å². The lowest BCUT2D eigenvalue weighted by atomic mass is 10.1. The Hall–Kier alpha value is 0.340. The molecule has 1 atom stereocenters. The second-order valence-electron chi connectivity index (χ2n) is 3.65. The predicted molar refractivity (Wildman–Crippen MR) is 74.4 cm³/mol. The molecule has 0 aliphatic heterocycles. The highest BCUT2D eigenvalue weighted by Gasteiger charge is 2.03. The fourth-order valence-electron chi connectivity index (χ4n) is 1.26. The first kappa shape index (κ1) is 13.4. The van der Waals surface area contributed by atoms with Gasteiger partial charge in [0, 0.05) is 10.2 Å². The summed E-state index contributed by atoms with van der Waals surface area (Å²) in [6.45, 7) is 2.30. The van der Waals surface area contributed by atoms with Gasteiger partial charge in [0.05, 0.1) is 5.02 Å². The molecule has 0 radical (unpaired) electrons. The number of rotatable bonds is 6. The monoisotopic (exact) mass is 306 g/mol. The molecular weight excluding hydrogens is 292 g/mol. The van der Waals surface area contributed by atoms with Gasteiger partial charge in [-0.05, 0) is 36.6 Å². The Labute approximate surface area is 110 Å². The van der Waals surface area contributed by atoms with Gasteiger partial charge in [0.25, 0.3) is 0 Å². The smallest absolute Gasteiger partial charge is 0.0541 e. The van der Waals surface area contributed by atoms with Gasteiger partial charge in [-0.1, -0.05) is 46.6 Å². The standard InChI is InChI=1S/C12H16BrClS/c1-10(6-8-13)7-9-15-12-5-3-2-4-11(12)14/h2-5,10H,6-9H2,1H3. The molecule has 0 fully saturated rings. The maximum absolute atomic E-state index is 6.07. The highest BCUT2D eigenvalue weighted by Crippen LogP contribution is 2.28. The van der Waals surface area contributed by atoms with Crippen molar-refractivity contribution in [2.24, 2.45) is 5.92 Å². The van der Waals surface area contributed by atoms with E-state index >= 15 is 0 Å². The Bertz CT molecular complexity index is 291. The van der Waals surface area contributed by atoms with E-state index in [-0.39, 0.29) is 0 Å². The molecule has 1 unspecified atom stereocenters. The molecular formula is C12H16BrClS. The third-order valence-corrected chi connectivity index (χ3v) is 4.31. The Morgan fingerprint density at radius 1 is 1.33 bits per heavy atom. The van der Waals surface area contributed by atoms with Crippen LogP contribution in [0.2, 0.25) is 5.02 Å². The van der Waals surface area contributed by atoms with E-state index in [9.17, 15) is 0 Å². The van der Waals surface area contributed by atoms with Crippen LogP contribution in [0.3, 0.4) is 0 Å².